The third kappa shape index (κ3) is 3.24. The van der Waals surface area contributed by atoms with E-state index in [1.54, 1.807) is 0 Å². The van der Waals surface area contributed by atoms with Gasteiger partial charge in [0.2, 0.25) is 5.28 Å². The molecule has 0 fully saturated rings. The molecule has 0 saturated heterocycles. The molecule has 3 nitrogen and oxygen atoms in total. The zero-order valence-electron chi connectivity index (χ0n) is 18.6. The van der Waals surface area contributed by atoms with Crippen LogP contribution in [0, 0.1) is 0 Å². The second-order valence-corrected chi connectivity index (χ2v) is 8.96. The lowest BCUT2D eigenvalue weighted by Crippen LogP contribution is -1.98. The molecule has 0 saturated carbocycles. The minimum absolute atomic E-state index is 0.181. The summed E-state index contributed by atoms with van der Waals surface area (Å²) in [5, 5.41) is 9.49. The van der Waals surface area contributed by atoms with Gasteiger partial charge in [-0.15, -0.1) is 0 Å². The van der Waals surface area contributed by atoms with Gasteiger partial charge in [-0.25, -0.2) is 4.98 Å². The zero-order chi connectivity index (χ0) is 23.4. The van der Waals surface area contributed by atoms with Crippen LogP contribution < -0.4 is 0 Å². The van der Waals surface area contributed by atoms with Gasteiger partial charge in [-0.2, -0.15) is 9.97 Å². The fourth-order valence-electron chi connectivity index (χ4n) is 5.06. The van der Waals surface area contributed by atoms with Gasteiger partial charge in [0, 0.05) is 11.1 Å². The molecule has 164 valence electrons. The standard InChI is InChI=1S/C31H18ClN3/c32-31-34-29(27-13-5-11-23-21-9-3-1-7-19(21)15-17-25(23)27)33-30(35-31)28-14-6-12-24-22-10-4-2-8-20(22)16-18-26(24)28/h1-18H. The van der Waals surface area contributed by atoms with Crippen LogP contribution in [0.5, 0.6) is 0 Å². The van der Waals surface area contributed by atoms with Crippen molar-refractivity contribution in [3.8, 4) is 22.8 Å². The van der Waals surface area contributed by atoms with Crippen LogP contribution in [-0.4, -0.2) is 15.0 Å². The molecule has 35 heavy (non-hydrogen) atoms. The van der Waals surface area contributed by atoms with E-state index in [0.717, 1.165) is 32.7 Å². The first-order valence-corrected chi connectivity index (χ1v) is 11.9. The fourth-order valence-corrected chi connectivity index (χ4v) is 5.22. The Kier molecular flexibility index (Phi) is 4.51. The van der Waals surface area contributed by atoms with E-state index in [4.69, 9.17) is 16.6 Å². The molecule has 0 spiro atoms. The van der Waals surface area contributed by atoms with E-state index in [-0.39, 0.29) is 5.28 Å². The maximum absolute atomic E-state index is 6.48. The summed E-state index contributed by atoms with van der Waals surface area (Å²) in [5.74, 6) is 1.14. The van der Waals surface area contributed by atoms with E-state index in [9.17, 15) is 0 Å². The van der Waals surface area contributed by atoms with Gasteiger partial charge in [0.15, 0.2) is 11.6 Å². The molecule has 7 aromatic rings. The van der Waals surface area contributed by atoms with Gasteiger partial charge in [-0.1, -0.05) is 109 Å². The van der Waals surface area contributed by atoms with Crippen LogP contribution in [0.4, 0.5) is 0 Å². The second kappa shape index (κ2) is 7.86. The summed E-state index contributed by atoms with van der Waals surface area (Å²) >= 11 is 6.48. The Hall–Kier alpha value is -4.34. The molecule has 0 aliphatic rings. The van der Waals surface area contributed by atoms with E-state index < -0.39 is 0 Å². The Morgan fingerprint density at radius 3 is 1.34 bits per heavy atom. The number of hydrogen-bond acceptors (Lipinski definition) is 3. The summed E-state index contributed by atoms with van der Waals surface area (Å²) in [5.41, 5.74) is 1.87. The number of halogens is 1. The normalized spacial score (nSPS) is 11.6. The lowest BCUT2D eigenvalue weighted by atomic mass is 9.97. The van der Waals surface area contributed by atoms with Crippen molar-refractivity contribution in [3.63, 3.8) is 0 Å². The Morgan fingerprint density at radius 2 is 0.829 bits per heavy atom. The molecular formula is C31H18ClN3. The van der Waals surface area contributed by atoms with Gasteiger partial charge >= 0.3 is 0 Å². The first-order chi connectivity index (χ1) is 17.3. The molecule has 0 atom stereocenters. The van der Waals surface area contributed by atoms with E-state index in [1.165, 1.54) is 21.5 Å². The summed E-state index contributed by atoms with van der Waals surface area (Å²) in [4.78, 5) is 14.0. The number of fused-ring (bicyclic) bond motifs is 6. The summed E-state index contributed by atoms with van der Waals surface area (Å²) in [7, 11) is 0. The molecule has 1 heterocycles. The number of nitrogens with zero attached hydrogens (tertiary/aromatic N) is 3. The van der Waals surface area contributed by atoms with Crippen molar-refractivity contribution in [2.24, 2.45) is 0 Å². The Balaban J connectivity index is 1.47. The van der Waals surface area contributed by atoms with Crippen molar-refractivity contribution in [3.05, 3.63) is 114 Å². The molecule has 7 rings (SSSR count). The highest BCUT2D eigenvalue weighted by molar-refractivity contribution is 6.28. The third-order valence-electron chi connectivity index (χ3n) is 6.66. The smallest absolute Gasteiger partial charge is 0.208 e. The van der Waals surface area contributed by atoms with E-state index in [2.05, 4.69) is 94.9 Å². The first kappa shape index (κ1) is 20.1. The summed E-state index contributed by atoms with van der Waals surface area (Å²) in [6.45, 7) is 0. The van der Waals surface area contributed by atoms with Crippen LogP contribution in [0.25, 0.3) is 65.9 Å². The molecule has 0 radical (unpaired) electrons. The number of benzene rings is 6. The minimum atomic E-state index is 0.181. The zero-order valence-corrected chi connectivity index (χ0v) is 19.4. The molecule has 1 aromatic heterocycles. The molecule has 0 N–H and O–H groups in total. The first-order valence-electron chi connectivity index (χ1n) is 11.5. The maximum Gasteiger partial charge on any atom is 0.226 e. The van der Waals surface area contributed by atoms with Crippen molar-refractivity contribution in [2.45, 2.75) is 0 Å². The van der Waals surface area contributed by atoms with Gasteiger partial charge in [-0.3, -0.25) is 0 Å². The Morgan fingerprint density at radius 1 is 0.371 bits per heavy atom. The van der Waals surface area contributed by atoms with Crippen LogP contribution >= 0.6 is 11.6 Å². The highest BCUT2D eigenvalue weighted by atomic mass is 35.5. The van der Waals surface area contributed by atoms with Crippen molar-refractivity contribution in [2.75, 3.05) is 0 Å². The maximum atomic E-state index is 6.48. The summed E-state index contributed by atoms with van der Waals surface area (Å²) in [6, 6.07) is 37.8. The third-order valence-corrected chi connectivity index (χ3v) is 6.83. The van der Waals surface area contributed by atoms with Gasteiger partial charge in [0.1, 0.15) is 0 Å². The average molecular weight is 468 g/mol. The van der Waals surface area contributed by atoms with Crippen molar-refractivity contribution >= 4 is 54.7 Å². The monoisotopic (exact) mass is 467 g/mol. The predicted octanol–water partition coefficient (Wildman–Crippen LogP) is 8.47. The molecule has 0 unspecified atom stereocenters. The highest BCUT2D eigenvalue weighted by Crippen LogP contribution is 2.35. The van der Waals surface area contributed by atoms with E-state index in [1.807, 2.05) is 24.3 Å². The lowest BCUT2D eigenvalue weighted by molar-refractivity contribution is 1.07. The van der Waals surface area contributed by atoms with Crippen molar-refractivity contribution in [1.82, 2.24) is 15.0 Å². The fraction of sp³-hybridized carbons (Fsp3) is 0. The van der Waals surface area contributed by atoms with Gasteiger partial charge in [0.05, 0.1) is 0 Å². The van der Waals surface area contributed by atoms with Crippen LogP contribution in [-0.2, 0) is 0 Å². The quantitative estimate of drug-likeness (QED) is 0.239. The number of hydrogen-bond donors (Lipinski definition) is 0. The molecule has 0 aliphatic heterocycles. The summed E-state index contributed by atoms with van der Waals surface area (Å²) in [6.07, 6.45) is 0. The van der Waals surface area contributed by atoms with Crippen LogP contribution in [0.2, 0.25) is 5.28 Å². The van der Waals surface area contributed by atoms with Crippen molar-refractivity contribution < 1.29 is 0 Å². The molecule has 0 aliphatic carbocycles. The van der Waals surface area contributed by atoms with Gasteiger partial charge < -0.3 is 0 Å². The molecule has 0 bridgehead atoms. The highest BCUT2D eigenvalue weighted by Gasteiger charge is 2.15. The van der Waals surface area contributed by atoms with E-state index in [0.29, 0.717) is 11.6 Å². The van der Waals surface area contributed by atoms with E-state index >= 15 is 0 Å². The van der Waals surface area contributed by atoms with Gasteiger partial charge in [0.25, 0.3) is 0 Å². The topological polar surface area (TPSA) is 38.7 Å². The molecular weight excluding hydrogens is 450 g/mol. The lowest BCUT2D eigenvalue weighted by Gasteiger charge is -2.11. The molecule has 0 amide bonds. The predicted molar refractivity (Wildman–Crippen MR) is 146 cm³/mol. The second-order valence-electron chi connectivity index (χ2n) is 8.63. The number of aromatic nitrogens is 3. The van der Waals surface area contributed by atoms with Crippen molar-refractivity contribution in [1.29, 1.82) is 0 Å². The SMILES string of the molecule is Clc1nc(-c2cccc3c2ccc2ccccc23)nc(-c2cccc3c2ccc2ccccc23)n1. The molecule has 4 heteroatoms. The number of rotatable bonds is 2. The Bertz CT molecular complexity index is 1790. The minimum Gasteiger partial charge on any atom is -0.208 e. The average Bonchev–Trinajstić information content (AvgIpc) is 2.91. The van der Waals surface area contributed by atoms with Crippen LogP contribution in [0.3, 0.4) is 0 Å². The summed E-state index contributed by atoms with van der Waals surface area (Å²) < 4.78 is 0. The Labute approximate surface area is 206 Å². The van der Waals surface area contributed by atoms with Gasteiger partial charge in [-0.05, 0) is 54.7 Å². The van der Waals surface area contributed by atoms with Crippen LogP contribution in [0.15, 0.2) is 109 Å². The molecule has 6 aromatic carbocycles. The largest absolute Gasteiger partial charge is 0.226 e. The van der Waals surface area contributed by atoms with Crippen LogP contribution in [0.1, 0.15) is 0 Å².